The molecule has 0 bridgehead atoms. The van der Waals surface area contributed by atoms with Gasteiger partial charge in [0.25, 0.3) is 5.56 Å². The highest BCUT2D eigenvalue weighted by Gasteiger charge is 2.08. The molecular weight excluding hydrogens is 370 g/mol. The number of thiophene rings is 1. The maximum absolute atomic E-state index is 12.5. The molecule has 0 aliphatic rings. The predicted molar refractivity (Wildman–Crippen MR) is 105 cm³/mol. The van der Waals surface area contributed by atoms with Gasteiger partial charge in [0.2, 0.25) is 0 Å². The van der Waals surface area contributed by atoms with Crippen LogP contribution in [0.15, 0.2) is 40.5 Å². The first-order valence-corrected chi connectivity index (χ1v) is 9.42. The van der Waals surface area contributed by atoms with Crippen molar-refractivity contribution < 1.29 is 14.3 Å². The Labute approximate surface area is 158 Å². The number of rotatable bonds is 5. The zero-order valence-electron chi connectivity index (χ0n) is 14.5. The maximum atomic E-state index is 12.5. The zero-order valence-corrected chi connectivity index (χ0v) is 16.1. The van der Waals surface area contributed by atoms with Gasteiger partial charge in [0, 0.05) is 24.8 Å². The molecule has 0 amide bonds. The Morgan fingerprint density at radius 3 is 2.65 bits per heavy atom. The summed E-state index contributed by atoms with van der Waals surface area (Å²) >= 11 is 2.65. The summed E-state index contributed by atoms with van der Waals surface area (Å²) in [5.41, 5.74) is 0.612. The van der Waals surface area contributed by atoms with Gasteiger partial charge in [-0.3, -0.25) is 9.59 Å². The molecule has 134 valence electrons. The SMILES string of the molecule is COc1ccc(/C=c2\s/c(=C\C(=O)c3cccs3)n(C)c2=O)c(OC)c1. The lowest BCUT2D eigenvalue weighted by molar-refractivity contribution is 0.106. The Morgan fingerprint density at radius 2 is 2.00 bits per heavy atom. The second-order valence-electron chi connectivity index (χ2n) is 5.41. The number of carbonyl (C=O) groups is 1. The zero-order chi connectivity index (χ0) is 18.7. The van der Waals surface area contributed by atoms with Gasteiger partial charge in [0.1, 0.15) is 16.2 Å². The number of hydrogen-bond acceptors (Lipinski definition) is 6. The van der Waals surface area contributed by atoms with E-state index in [1.54, 1.807) is 45.5 Å². The van der Waals surface area contributed by atoms with Gasteiger partial charge in [-0.2, -0.15) is 0 Å². The first-order valence-electron chi connectivity index (χ1n) is 7.72. The molecule has 2 heterocycles. The normalized spacial score (nSPS) is 12.4. The topological polar surface area (TPSA) is 57.5 Å². The number of thiazole rings is 1. The van der Waals surface area contributed by atoms with Crippen molar-refractivity contribution in [2.75, 3.05) is 14.2 Å². The molecule has 0 saturated heterocycles. The molecule has 0 atom stereocenters. The fourth-order valence-corrected chi connectivity index (χ4v) is 4.05. The maximum Gasteiger partial charge on any atom is 0.268 e. The van der Waals surface area contributed by atoms with Crippen LogP contribution in [0.25, 0.3) is 12.2 Å². The third kappa shape index (κ3) is 3.63. The van der Waals surface area contributed by atoms with Crippen LogP contribution in [0, 0.1) is 0 Å². The molecule has 7 heteroatoms. The molecule has 0 aliphatic carbocycles. The number of methoxy groups -OCH3 is 2. The molecule has 2 aromatic heterocycles. The van der Waals surface area contributed by atoms with Crippen LogP contribution >= 0.6 is 22.7 Å². The van der Waals surface area contributed by atoms with Crippen molar-refractivity contribution in [1.82, 2.24) is 4.57 Å². The van der Waals surface area contributed by atoms with Gasteiger partial charge in [-0.1, -0.05) is 6.07 Å². The molecule has 0 radical (unpaired) electrons. The van der Waals surface area contributed by atoms with Gasteiger partial charge < -0.3 is 14.0 Å². The van der Waals surface area contributed by atoms with Crippen LogP contribution in [0.3, 0.4) is 0 Å². The molecule has 0 fully saturated rings. The van der Waals surface area contributed by atoms with Gasteiger partial charge >= 0.3 is 0 Å². The first kappa shape index (κ1) is 18.2. The summed E-state index contributed by atoms with van der Waals surface area (Å²) in [5.74, 6) is 1.18. The second kappa shape index (κ2) is 7.72. The molecule has 0 spiro atoms. The Kier molecular flexibility index (Phi) is 5.39. The fourth-order valence-electron chi connectivity index (χ4n) is 2.39. The summed E-state index contributed by atoms with van der Waals surface area (Å²) in [7, 11) is 4.81. The summed E-state index contributed by atoms with van der Waals surface area (Å²) < 4.78 is 13.2. The minimum atomic E-state index is -0.155. The van der Waals surface area contributed by atoms with Crippen LogP contribution in [0.1, 0.15) is 15.2 Å². The molecule has 3 rings (SSSR count). The standard InChI is InChI=1S/C19H17NO4S2/c1-20-18(11-14(21)16-5-4-8-25-16)26-17(19(20)22)9-12-6-7-13(23-2)10-15(12)24-3/h4-11H,1-3H3/b17-9-,18-11-. The number of aromatic nitrogens is 1. The number of nitrogens with zero attached hydrogens (tertiary/aromatic N) is 1. The Morgan fingerprint density at radius 1 is 1.19 bits per heavy atom. The molecule has 3 aromatic rings. The Hall–Kier alpha value is -2.64. The largest absolute Gasteiger partial charge is 0.497 e. The Bertz CT molecular complexity index is 1110. The van der Waals surface area contributed by atoms with E-state index in [2.05, 4.69) is 0 Å². The van der Waals surface area contributed by atoms with Crippen LogP contribution in [0.5, 0.6) is 11.5 Å². The van der Waals surface area contributed by atoms with Crippen LogP contribution in [0.4, 0.5) is 0 Å². The molecule has 0 aliphatic heterocycles. The summed E-state index contributed by atoms with van der Waals surface area (Å²) in [4.78, 5) is 25.5. The minimum absolute atomic E-state index is 0.106. The summed E-state index contributed by atoms with van der Waals surface area (Å²) in [6, 6.07) is 8.99. The van der Waals surface area contributed by atoms with Crippen molar-refractivity contribution in [2.24, 2.45) is 7.05 Å². The number of ether oxygens (including phenoxy) is 2. The third-order valence-electron chi connectivity index (χ3n) is 3.81. The van der Waals surface area contributed by atoms with Crippen molar-refractivity contribution in [1.29, 1.82) is 0 Å². The summed E-state index contributed by atoms with van der Waals surface area (Å²) in [5, 5.41) is 1.85. The predicted octanol–water partition coefficient (Wildman–Crippen LogP) is 2.02. The average Bonchev–Trinajstić information content (AvgIpc) is 3.27. The fraction of sp³-hybridized carbons (Fsp3) is 0.158. The lowest BCUT2D eigenvalue weighted by Crippen LogP contribution is -2.29. The van der Waals surface area contributed by atoms with E-state index >= 15 is 0 Å². The molecule has 0 saturated carbocycles. The van der Waals surface area contributed by atoms with Gasteiger partial charge in [0.15, 0.2) is 5.78 Å². The molecule has 0 N–H and O–H groups in total. The summed E-state index contributed by atoms with van der Waals surface area (Å²) in [6.07, 6.45) is 3.26. The second-order valence-corrected chi connectivity index (χ2v) is 7.42. The van der Waals surface area contributed by atoms with Crippen LogP contribution < -0.4 is 24.2 Å². The van der Waals surface area contributed by atoms with Gasteiger partial charge in [-0.15, -0.1) is 22.7 Å². The third-order valence-corrected chi connectivity index (χ3v) is 5.80. The molecule has 1 aromatic carbocycles. The van der Waals surface area contributed by atoms with E-state index < -0.39 is 0 Å². The van der Waals surface area contributed by atoms with E-state index in [9.17, 15) is 9.59 Å². The molecule has 26 heavy (non-hydrogen) atoms. The van der Waals surface area contributed by atoms with E-state index in [0.29, 0.717) is 25.6 Å². The first-order chi connectivity index (χ1) is 12.5. The van der Waals surface area contributed by atoms with Crippen molar-refractivity contribution in [3.05, 3.63) is 65.7 Å². The van der Waals surface area contributed by atoms with Gasteiger partial charge in [-0.25, -0.2) is 0 Å². The lowest BCUT2D eigenvalue weighted by Gasteiger charge is -2.06. The van der Waals surface area contributed by atoms with Gasteiger partial charge in [-0.05, 0) is 29.7 Å². The number of benzene rings is 1. The molecule has 5 nitrogen and oxygen atoms in total. The van der Waals surface area contributed by atoms with Crippen molar-refractivity contribution in [3.63, 3.8) is 0 Å². The summed E-state index contributed by atoms with van der Waals surface area (Å²) in [6.45, 7) is 0. The highest BCUT2D eigenvalue weighted by molar-refractivity contribution is 7.12. The number of carbonyl (C=O) groups excluding carboxylic acids is 1. The molecule has 0 unspecified atom stereocenters. The smallest absolute Gasteiger partial charge is 0.268 e. The Balaban J connectivity index is 2.09. The van der Waals surface area contributed by atoms with Crippen molar-refractivity contribution >= 4 is 40.6 Å². The number of hydrogen-bond donors (Lipinski definition) is 0. The van der Waals surface area contributed by atoms with Crippen molar-refractivity contribution in [3.8, 4) is 11.5 Å². The van der Waals surface area contributed by atoms with E-state index in [1.807, 2.05) is 17.5 Å². The van der Waals surface area contributed by atoms with E-state index in [1.165, 1.54) is 33.3 Å². The van der Waals surface area contributed by atoms with Crippen LogP contribution in [0.2, 0.25) is 0 Å². The lowest BCUT2D eigenvalue weighted by atomic mass is 10.2. The van der Waals surface area contributed by atoms with Crippen LogP contribution in [-0.4, -0.2) is 24.6 Å². The number of ketones is 1. The van der Waals surface area contributed by atoms with E-state index in [4.69, 9.17) is 9.47 Å². The van der Waals surface area contributed by atoms with Crippen LogP contribution in [-0.2, 0) is 7.05 Å². The van der Waals surface area contributed by atoms with E-state index in [0.717, 1.165) is 5.56 Å². The quantitative estimate of drug-likeness (QED) is 0.629. The monoisotopic (exact) mass is 387 g/mol. The van der Waals surface area contributed by atoms with E-state index in [-0.39, 0.29) is 11.3 Å². The minimum Gasteiger partial charge on any atom is -0.497 e. The highest BCUT2D eigenvalue weighted by Crippen LogP contribution is 2.24. The van der Waals surface area contributed by atoms with Crippen molar-refractivity contribution in [2.45, 2.75) is 0 Å². The average molecular weight is 387 g/mol. The molecular formula is C19H17NO4S2. The highest BCUT2D eigenvalue weighted by atomic mass is 32.1. The number of Topliss-reactive ketones (excluding diaryl/α,β-unsaturated/α-hetero) is 1. The van der Waals surface area contributed by atoms with Gasteiger partial charge in [0.05, 0.1) is 23.6 Å².